The highest BCUT2D eigenvalue weighted by Gasteiger charge is 2.16. The van der Waals surface area contributed by atoms with Gasteiger partial charge < -0.3 is 19.1 Å². The van der Waals surface area contributed by atoms with Crippen LogP contribution in [-0.2, 0) is 16.0 Å². The molecule has 192 valence electrons. The number of unbranched alkanes of at least 4 members (excludes halogenated alkanes) is 1. The lowest BCUT2D eigenvalue weighted by molar-refractivity contribution is -0.129. The predicted molar refractivity (Wildman–Crippen MR) is 142 cm³/mol. The van der Waals surface area contributed by atoms with Gasteiger partial charge in [-0.3, -0.25) is 4.79 Å². The zero-order valence-electron chi connectivity index (χ0n) is 21.6. The normalized spacial score (nSPS) is 11.7. The standard InChI is InChI=1S/C28H39NO5S/c1-6-7-17-29(4)27(30)16-18-35-26(23-10-14-24(32-5)15-11-23)19-22-8-12-25(13-9-22)34-28(31)33-20-21(2)3/h8-15,21,26H,6-7,16-20H2,1-5H3. The third-order valence-corrected chi connectivity index (χ3v) is 6.76. The molecule has 0 saturated heterocycles. The van der Waals surface area contributed by atoms with Gasteiger partial charge in [-0.25, -0.2) is 4.79 Å². The lowest BCUT2D eigenvalue weighted by Crippen LogP contribution is -2.27. The van der Waals surface area contributed by atoms with Crippen LogP contribution in [0.2, 0.25) is 0 Å². The predicted octanol–water partition coefficient (Wildman–Crippen LogP) is 6.53. The Morgan fingerprint density at radius 1 is 1.00 bits per heavy atom. The molecular formula is C28H39NO5S. The molecule has 0 saturated carbocycles. The van der Waals surface area contributed by atoms with E-state index in [1.54, 1.807) is 31.0 Å². The molecule has 0 fully saturated rings. The SMILES string of the molecule is CCCCN(C)C(=O)CCSC(Cc1ccc(OC(=O)OCC(C)C)cc1)c1ccc(OC)cc1. The van der Waals surface area contributed by atoms with Crippen LogP contribution in [0.5, 0.6) is 11.5 Å². The molecule has 0 N–H and O–H groups in total. The third-order valence-electron chi connectivity index (χ3n) is 5.48. The van der Waals surface area contributed by atoms with Crippen LogP contribution in [-0.4, -0.2) is 50.0 Å². The van der Waals surface area contributed by atoms with Crippen molar-refractivity contribution in [2.75, 3.05) is 33.1 Å². The van der Waals surface area contributed by atoms with E-state index in [1.807, 2.05) is 50.1 Å². The van der Waals surface area contributed by atoms with Crippen LogP contribution >= 0.6 is 11.8 Å². The van der Waals surface area contributed by atoms with E-state index >= 15 is 0 Å². The molecule has 2 aromatic carbocycles. The van der Waals surface area contributed by atoms with Gasteiger partial charge in [-0.1, -0.05) is 51.5 Å². The summed E-state index contributed by atoms with van der Waals surface area (Å²) < 4.78 is 15.6. The topological polar surface area (TPSA) is 65.1 Å². The summed E-state index contributed by atoms with van der Waals surface area (Å²) in [6, 6.07) is 15.6. The summed E-state index contributed by atoms with van der Waals surface area (Å²) in [4.78, 5) is 26.1. The summed E-state index contributed by atoms with van der Waals surface area (Å²) >= 11 is 1.78. The Hall–Kier alpha value is -2.67. The minimum Gasteiger partial charge on any atom is -0.497 e. The largest absolute Gasteiger partial charge is 0.513 e. The van der Waals surface area contributed by atoms with Crippen molar-refractivity contribution >= 4 is 23.8 Å². The summed E-state index contributed by atoms with van der Waals surface area (Å²) in [6.45, 7) is 7.21. The van der Waals surface area contributed by atoms with E-state index in [-0.39, 0.29) is 17.1 Å². The Kier molecular flexibility index (Phi) is 12.5. The van der Waals surface area contributed by atoms with Crippen LogP contribution in [0.15, 0.2) is 48.5 Å². The molecule has 1 unspecified atom stereocenters. The van der Waals surface area contributed by atoms with E-state index in [1.165, 1.54) is 5.56 Å². The third kappa shape index (κ3) is 10.6. The Labute approximate surface area is 214 Å². The maximum Gasteiger partial charge on any atom is 0.513 e. The van der Waals surface area contributed by atoms with Gasteiger partial charge in [-0.2, -0.15) is 11.8 Å². The average molecular weight is 502 g/mol. The van der Waals surface area contributed by atoms with E-state index in [2.05, 4.69) is 19.1 Å². The molecule has 0 heterocycles. The number of benzene rings is 2. The number of hydrogen-bond donors (Lipinski definition) is 0. The smallest absolute Gasteiger partial charge is 0.497 e. The lowest BCUT2D eigenvalue weighted by Gasteiger charge is -2.20. The van der Waals surface area contributed by atoms with Crippen LogP contribution in [0.1, 0.15) is 56.4 Å². The Bertz CT molecular complexity index is 899. The van der Waals surface area contributed by atoms with Gasteiger partial charge in [0.15, 0.2) is 0 Å². The number of thioether (sulfide) groups is 1. The number of carbonyl (C=O) groups excluding carboxylic acids is 2. The van der Waals surface area contributed by atoms with Gasteiger partial charge in [0.2, 0.25) is 5.91 Å². The molecule has 2 aromatic rings. The van der Waals surface area contributed by atoms with Crippen molar-refractivity contribution in [1.82, 2.24) is 4.90 Å². The summed E-state index contributed by atoms with van der Waals surface area (Å²) in [7, 11) is 3.54. The number of nitrogens with zero attached hydrogens (tertiary/aromatic N) is 1. The quantitative estimate of drug-likeness (QED) is 0.217. The fourth-order valence-electron chi connectivity index (χ4n) is 3.36. The summed E-state index contributed by atoms with van der Waals surface area (Å²) in [5.74, 6) is 2.46. The summed E-state index contributed by atoms with van der Waals surface area (Å²) in [5.41, 5.74) is 2.30. The van der Waals surface area contributed by atoms with Crippen molar-refractivity contribution in [3.05, 3.63) is 59.7 Å². The molecule has 0 spiro atoms. The van der Waals surface area contributed by atoms with Crippen molar-refractivity contribution in [3.8, 4) is 11.5 Å². The minimum absolute atomic E-state index is 0.178. The highest BCUT2D eigenvalue weighted by molar-refractivity contribution is 7.99. The molecule has 0 aliphatic carbocycles. The van der Waals surface area contributed by atoms with E-state index in [4.69, 9.17) is 14.2 Å². The lowest BCUT2D eigenvalue weighted by atomic mass is 10.0. The minimum atomic E-state index is -0.688. The molecule has 0 radical (unpaired) electrons. The first-order valence-electron chi connectivity index (χ1n) is 12.2. The molecule has 1 atom stereocenters. The van der Waals surface area contributed by atoms with Crippen LogP contribution in [0.25, 0.3) is 0 Å². The van der Waals surface area contributed by atoms with Crippen molar-refractivity contribution in [3.63, 3.8) is 0 Å². The zero-order valence-corrected chi connectivity index (χ0v) is 22.4. The Balaban J connectivity index is 2.01. The second-order valence-corrected chi connectivity index (χ2v) is 10.3. The molecule has 7 heteroatoms. The highest BCUT2D eigenvalue weighted by Crippen LogP contribution is 2.34. The van der Waals surface area contributed by atoms with Gasteiger partial charge >= 0.3 is 6.16 Å². The molecule has 0 bridgehead atoms. The second kappa shape index (κ2) is 15.4. The zero-order chi connectivity index (χ0) is 25.6. The maximum absolute atomic E-state index is 12.5. The van der Waals surface area contributed by atoms with E-state index < -0.39 is 6.16 Å². The molecule has 6 nitrogen and oxygen atoms in total. The molecular weight excluding hydrogens is 462 g/mol. The molecule has 0 aliphatic rings. The number of carbonyl (C=O) groups is 2. The summed E-state index contributed by atoms with van der Waals surface area (Å²) in [6.07, 6.45) is 2.72. The van der Waals surface area contributed by atoms with Crippen molar-refractivity contribution in [1.29, 1.82) is 0 Å². The van der Waals surface area contributed by atoms with Crippen LogP contribution in [0, 0.1) is 5.92 Å². The van der Waals surface area contributed by atoms with Gasteiger partial charge in [0.1, 0.15) is 11.5 Å². The second-order valence-electron chi connectivity index (χ2n) is 8.96. The fourth-order valence-corrected chi connectivity index (χ4v) is 4.60. The number of methoxy groups -OCH3 is 1. The van der Waals surface area contributed by atoms with Gasteiger partial charge in [-0.15, -0.1) is 0 Å². The van der Waals surface area contributed by atoms with Gasteiger partial charge in [-0.05, 0) is 54.2 Å². The van der Waals surface area contributed by atoms with Crippen molar-refractivity contribution < 1.29 is 23.8 Å². The monoisotopic (exact) mass is 501 g/mol. The van der Waals surface area contributed by atoms with Crippen LogP contribution in [0.3, 0.4) is 0 Å². The van der Waals surface area contributed by atoms with Gasteiger partial charge in [0.25, 0.3) is 0 Å². The summed E-state index contributed by atoms with van der Waals surface area (Å²) in [5, 5.41) is 0.178. The Morgan fingerprint density at radius 3 is 2.26 bits per heavy atom. The van der Waals surface area contributed by atoms with E-state index in [9.17, 15) is 9.59 Å². The Morgan fingerprint density at radius 2 is 1.66 bits per heavy atom. The van der Waals surface area contributed by atoms with Crippen molar-refractivity contribution in [2.24, 2.45) is 5.92 Å². The number of amides is 1. The fraction of sp³-hybridized carbons (Fsp3) is 0.500. The first-order chi connectivity index (χ1) is 16.8. The number of ether oxygens (including phenoxy) is 3. The van der Waals surface area contributed by atoms with Gasteiger partial charge in [0, 0.05) is 31.0 Å². The number of rotatable bonds is 14. The van der Waals surface area contributed by atoms with Crippen LogP contribution in [0.4, 0.5) is 4.79 Å². The number of hydrogen-bond acceptors (Lipinski definition) is 6. The van der Waals surface area contributed by atoms with Crippen LogP contribution < -0.4 is 9.47 Å². The molecule has 0 aliphatic heterocycles. The molecule has 2 rings (SSSR count). The first kappa shape index (κ1) is 28.6. The highest BCUT2D eigenvalue weighted by atomic mass is 32.2. The maximum atomic E-state index is 12.5. The van der Waals surface area contributed by atoms with E-state index in [0.29, 0.717) is 18.8 Å². The van der Waals surface area contributed by atoms with Crippen molar-refractivity contribution in [2.45, 2.75) is 51.7 Å². The van der Waals surface area contributed by atoms with Gasteiger partial charge in [0.05, 0.1) is 13.7 Å². The first-order valence-corrected chi connectivity index (χ1v) is 13.3. The average Bonchev–Trinajstić information content (AvgIpc) is 2.86. The molecule has 1 amide bonds. The van der Waals surface area contributed by atoms with E-state index in [0.717, 1.165) is 42.9 Å². The molecule has 0 aromatic heterocycles. The molecule has 35 heavy (non-hydrogen) atoms.